The molecule has 2 aromatic heterocycles. The Hall–Kier alpha value is -2.62. The monoisotopic (exact) mass is 281 g/mol. The third-order valence-corrected chi connectivity index (χ3v) is 3.16. The maximum absolute atomic E-state index is 12.4. The van der Waals surface area contributed by atoms with Crippen LogP contribution in [0.4, 0.5) is 0 Å². The van der Waals surface area contributed by atoms with Gasteiger partial charge < -0.3 is 9.72 Å². The molecule has 0 aromatic carbocycles. The van der Waals surface area contributed by atoms with Gasteiger partial charge in [0.15, 0.2) is 0 Å². The van der Waals surface area contributed by atoms with E-state index in [2.05, 4.69) is 16.9 Å². The number of carbonyl (C=O) groups excluding carboxylic acids is 1. The van der Waals surface area contributed by atoms with Crippen LogP contribution in [0, 0.1) is 13.8 Å². The minimum atomic E-state index is -0.170. The Morgan fingerprint density at radius 1 is 1.43 bits per heavy atom. The van der Waals surface area contributed by atoms with E-state index in [9.17, 15) is 4.79 Å². The number of fused-ring (bicyclic) bond motifs is 1. The van der Waals surface area contributed by atoms with Gasteiger partial charge in [-0.1, -0.05) is 24.8 Å². The lowest BCUT2D eigenvalue weighted by Gasteiger charge is -2.06. The molecule has 0 atom stereocenters. The predicted octanol–water partition coefficient (Wildman–Crippen LogP) is 3.33. The van der Waals surface area contributed by atoms with Crippen molar-refractivity contribution in [3.05, 3.63) is 71.9 Å². The SMILES string of the molecule is C=C/C=C\C(=C/C)NC(=O)c1ccn2c(C)cc(C)nc12. The first kappa shape index (κ1) is 14.8. The molecular weight excluding hydrogens is 262 g/mol. The molecule has 0 saturated carbocycles. The van der Waals surface area contributed by atoms with E-state index in [1.165, 1.54) is 0 Å². The molecule has 21 heavy (non-hydrogen) atoms. The summed E-state index contributed by atoms with van der Waals surface area (Å²) in [5.41, 5.74) is 3.91. The van der Waals surface area contributed by atoms with E-state index in [4.69, 9.17) is 0 Å². The van der Waals surface area contributed by atoms with Crippen LogP contribution in [-0.4, -0.2) is 15.3 Å². The van der Waals surface area contributed by atoms with Gasteiger partial charge in [0.05, 0.1) is 5.56 Å². The van der Waals surface area contributed by atoms with Crippen LogP contribution in [0.1, 0.15) is 28.7 Å². The molecule has 0 saturated heterocycles. The molecule has 2 heterocycles. The van der Waals surface area contributed by atoms with E-state index in [0.717, 1.165) is 17.1 Å². The lowest BCUT2D eigenvalue weighted by Crippen LogP contribution is -2.22. The molecule has 4 nitrogen and oxygen atoms in total. The molecule has 1 N–H and O–H groups in total. The average molecular weight is 281 g/mol. The first-order valence-electron chi connectivity index (χ1n) is 6.79. The highest BCUT2D eigenvalue weighted by atomic mass is 16.1. The third-order valence-electron chi connectivity index (χ3n) is 3.16. The number of amides is 1. The second kappa shape index (κ2) is 6.22. The van der Waals surface area contributed by atoms with Crippen molar-refractivity contribution in [3.8, 4) is 0 Å². The van der Waals surface area contributed by atoms with Gasteiger partial charge in [-0.2, -0.15) is 0 Å². The van der Waals surface area contributed by atoms with Crippen LogP contribution in [0.2, 0.25) is 0 Å². The number of nitrogens with zero attached hydrogens (tertiary/aromatic N) is 2. The summed E-state index contributed by atoms with van der Waals surface area (Å²) in [5, 5.41) is 2.87. The summed E-state index contributed by atoms with van der Waals surface area (Å²) in [5.74, 6) is -0.170. The Kier molecular flexibility index (Phi) is 4.38. The summed E-state index contributed by atoms with van der Waals surface area (Å²) in [7, 11) is 0. The Morgan fingerprint density at radius 2 is 2.19 bits per heavy atom. The minimum Gasteiger partial charge on any atom is -0.322 e. The second-order valence-corrected chi connectivity index (χ2v) is 4.75. The molecule has 0 aliphatic carbocycles. The van der Waals surface area contributed by atoms with E-state index in [1.54, 1.807) is 24.3 Å². The molecule has 0 spiro atoms. The summed E-state index contributed by atoms with van der Waals surface area (Å²) in [6.45, 7) is 9.40. The van der Waals surface area contributed by atoms with Gasteiger partial charge in [0.1, 0.15) is 5.65 Å². The van der Waals surface area contributed by atoms with Gasteiger partial charge in [-0.05, 0) is 39.0 Å². The first-order valence-corrected chi connectivity index (χ1v) is 6.79. The van der Waals surface area contributed by atoms with Gasteiger partial charge in [0.2, 0.25) is 0 Å². The molecule has 0 bridgehead atoms. The Bertz CT molecular complexity index is 751. The standard InChI is InChI=1S/C17H19N3O/c1-5-7-8-14(6-2)19-17(21)15-9-10-20-13(4)11-12(3)18-16(15)20/h5-11H,1H2,2-4H3,(H,19,21)/b8-7-,14-6+. The zero-order chi connectivity index (χ0) is 15.4. The molecule has 108 valence electrons. The van der Waals surface area contributed by atoms with Gasteiger partial charge in [-0.15, -0.1) is 0 Å². The largest absolute Gasteiger partial charge is 0.322 e. The van der Waals surface area contributed by atoms with Crippen LogP contribution < -0.4 is 5.32 Å². The highest BCUT2D eigenvalue weighted by Crippen LogP contribution is 2.14. The maximum atomic E-state index is 12.4. The summed E-state index contributed by atoms with van der Waals surface area (Å²) >= 11 is 0. The molecule has 0 aliphatic rings. The van der Waals surface area contributed by atoms with E-state index in [1.807, 2.05) is 43.5 Å². The van der Waals surface area contributed by atoms with Crippen molar-refractivity contribution in [3.63, 3.8) is 0 Å². The number of aromatic nitrogens is 2. The van der Waals surface area contributed by atoms with Crippen LogP contribution in [0.15, 0.2) is 54.9 Å². The fraction of sp³-hybridized carbons (Fsp3) is 0.176. The fourth-order valence-electron chi connectivity index (χ4n) is 2.15. The summed E-state index contributed by atoms with van der Waals surface area (Å²) in [6.07, 6.45) is 8.94. The van der Waals surface area contributed by atoms with E-state index in [0.29, 0.717) is 11.2 Å². The van der Waals surface area contributed by atoms with Gasteiger partial charge in [-0.3, -0.25) is 4.79 Å². The van der Waals surface area contributed by atoms with Gasteiger partial charge >= 0.3 is 0 Å². The minimum absolute atomic E-state index is 0.170. The van der Waals surface area contributed by atoms with Crippen LogP contribution in [0.25, 0.3) is 5.65 Å². The van der Waals surface area contributed by atoms with Gasteiger partial charge in [0.25, 0.3) is 5.91 Å². The van der Waals surface area contributed by atoms with Crippen LogP contribution >= 0.6 is 0 Å². The first-order chi connectivity index (χ1) is 10.1. The highest BCUT2D eigenvalue weighted by Gasteiger charge is 2.14. The molecule has 0 unspecified atom stereocenters. The fourth-order valence-corrected chi connectivity index (χ4v) is 2.15. The summed E-state index contributed by atoms with van der Waals surface area (Å²) in [6, 6.07) is 3.77. The molecule has 0 radical (unpaired) electrons. The predicted molar refractivity (Wildman–Crippen MR) is 85.2 cm³/mol. The number of carbonyl (C=O) groups is 1. The molecular formula is C17H19N3O. The number of hydrogen-bond donors (Lipinski definition) is 1. The van der Waals surface area contributed by atoms with Crippen molar-refractivity contribution >= 4 is 11.6 Å². The van der Waals surface area contributed by atoms with Crippen molar-refractivity contribution < 1.29 is 4.79 Å². The topological polar surface area (TPSA) is 46.4 Å². The van der Waals surface area contributed by atoms with Crippen LogP contribution in [0.3, 0.4) is 0 Å². The maximum Gasteiger partial charge on any atom is 0.259 e. The zero-order valence-corrected chi connectivity index (χ0v) is 12.6. The number of aryl methyl sites for hydroxylation is 2. The molecule has 1 amide bonds. The van der Waals surface area contributed by atoms with Crippen molar-refractivity contribution in [2.24, 2.45) is 0 Å². The van der Waals surface area contributed by atoms with Crippen LogP contribution in [0.5, 0.6) is 0 Å². The molecule has 0 aliphatic heterocycles. The van der Waals surface area contributed by atoms with Gasteiger partial charge in [0, 0.05) is 23.3 Å². The lowest BCUT2D eigenvalue weighted by atomic mass is 10.2. The van der Waals surface area contributed by atoms with Crippen molar-refractivity contribution in [1.29, 1.82) is 0 Å². The summed E-state index contributed by atoms with van der Waals surface area (Å²) in [4.78, 5) is 16.9. The molecule has 0 fully saturated rings. The second-order valence-electron chi connectivity index (χ2n) is 4.75. The van der Waals surface area contributed by atoms with Gasteiger partial charge in [-0.25, -0.2) is 4.98 Å². The van der Waals surface area contributed by atoms with Crippen molar-refractivity contribution in [2.45, 2.75) is 20.8 Å². The van der Waals surface area contributed by atoms with E-state index < -0.39 is 0 Å². The van der Waals surface area contributed by atoms with Crippen molar-refractivity contribution in [2.75, 3.05) is 0 Å². The summed E-state index contributed by atoms with van der Waals surface area (Å²) < 4.78 is 1.91. The van der Waals surface area contributed by atoms with E-state index in [-0.39, 0.29) is 5.91 Å². The Morgan fingerprint density at radius 3 is 2.86 bits per heavy atom. The average Bonchev–Trinajstić information content (AvgIpc) is 2.87. The number of nitrogens with one attached hydrogen (secondary N) is 1. The van der Waals surface area contributed by atoms with E-state index >= 15 is 0 Å². The molecule has 2 aromatic rings. The highest BCUT2D eigenvalue weighted by molar-refractivity contribution is 6.01. The number of hydrogen-bond acceptors (Lipinski definition) is 2. The zero-order valence-electron chi connectivity index (χ0n) is 12.6. The quantitative estimate of drug-likeness (QED) is 0.874. The Balaban J connectivity index is 2.36. The smallest absolute Gasteiger partial charge is 0.259 e. The Labute approximate surface area is 124 Å². The third kappa shape index (κ3) is 3.11. The molecule has 2 rings (SSSR count). The number of allylic oxidation sites excluding steroid dienone is 4. The van der Waals surface area contributed by atoms with Crippen molar-refractivity contribution in [1.82, 2.24) is 14.7 Å². The normalized spacial score (nSPS) is 12.0. The van der Waals surface area contributed by atoms with Crippen LogP contribution in [-0.2, 0) is 0 Å². The molecule has 4 heteroatoms. The number of rotatable bonds is 4. The lowest BCUT2D eigenvalue weighted by molar-refractivity contribution is 0.0968.